The monoisotopic (exact) mass is 528 g/mol. The quantitative estimate of drug-likeness (QED) is 0.213. The molecule has 41 heavy (non-hydrogen) atoms. The maximum absolute atomic E-state index is 2.62. The minimum absolute atomic E-state index is 0.643. The zero-order chi connectivity index (χ0) is 27.5. The Kier molecular flexibility index (Phi) is 6.37. The number of benzene rings is 6. The molecule has 2 nitrogen and oxygen atoms in total. The van der Waals surface area contributed by atoms with Gasteiger partial charge < -0.3 is 9.80 Å². The van der Waals surface area contributed by atoms with E-state index in [1.165, 1.54) is 33.6 Å². The molecule has 1 heterocycles. The summed E-state index contributed by atoms with van der Waals surface area (Å²) in [7, 11) is 0. The first-order valence-electron chi connectivity index (χ1n) is 14.2. The Morgan fingerprint density at radius 2 is 0.512 bits per heavy atom. The van der Waals surface area contributed by atoms with Crippen molar-refractivity contribution in [2.45, 2.75) is 11.1 Å². The standard InChI is InChI=1S/C39H32N2/c1-7-19-32(20-8-1)38(33-21-9-2-10-22-33)39(34-23-11-3-12-24-34,35-25-13-4-14-26-35)41(37-29-17-6-18-30-37)31-40(38)36-27-15-5-16-28-36/h1-30H,31H2. The SMILES string of the molecule is c1ccc(N2CN(c3ccccc3)C(c3ccccc3)(c3ccccc3)C2(c2ccccc2)c2ccccc2)cc1. The Hall–Kier alpha value is -5.08. The molecule has 7 rings (SSSR count). The molecule has 0 bridgehead atoms. The van der Waals surface area contributed by atoms with Gasteiger partial charge in [0.25, 0.3) is 0 Å². The van der Waals surface area contributed by atoms with E-state index in [1.807, 2.05) is 0 Å². The van der Waals surface area contributed by atoms with Gasteiger partial charge in [0.1, 0.15) is 11.1 Å². The third-order valence-electron chi connectivity index (χ3n) is 8.52. The molecule has 0 amide bonds. The molecule has 0 saturated carbocycles. The third kappa shape index (κ3) is 3.79. The van der Waals surface area contributed by atoms with Crippen LogP contribution >= 0.6 is 0 Å². The first-order valence-corrected chi connectivity index (χ1v) is 14.2. The van der Waals surface area contributed by atoms with Crippen molar-refractivity contribution in [3.8, 4) is 0 Å². The Balaban J connectivity index is 1.73. The first-order chi connectivity index (χ1) is 20.4. The second-order valence-corrected chi connectivity index (χ2v) is 10.6. The average Bonchev–Trinajstić information content (AvgIpc) is 3.41. The molecular formula is C39H32N2. The second-order valence-electron chi connectivity index (χ2n) is 10.6. The minimum atomic E-state index is -0.643. The lowest BCUT2D eigenvalue weighted by atomic mass is 9.61. The predicted molar refractivity (Wildman–Crippen MR) is 170 cm³/mol. The number of nitrogens with zero attached hydrogens (tertiary/aromatic N) is 2. The molecule has 1 saturated heterocycles. The van der Waals surface area contributed by atoms with Crippen molar-refractivity contribution in [2.75, 3.05) is 16.5 Å². The Labute approximate surface area is 242 Å². The summed E-state index contributed by atoms with van der Waals surface area (Å²) >= 11 is 0. The topological polar surface area (TPSA) is 6.48 Å². The van der Waals surface area contributed by atoms with Crippen molar-refractivity contribution in [3.63, 3.8) is 0 Å². The molecular weight excluding hydrogens is 496 g/mol. The third-order valence-corrected chi connectivity index (χ3v) is 8.52. The Bertz CT molecular complexity index is 1480. The van der Waals surface area contributed by atoms with Gasteiger partial charge in [0.05, 0.1) is 6.67 Å². The lowest BCUT2D eigenvalue weighted by Crippen LogP contribution is -2.59. The van der Waals surface area contributed by atoms with Crippen molar-refractivity contribution in [3.05, 3.63) is 204 Å². The summed E-state index contributed by atoms with van der Waals surface area (Å²) in [5.74, 6) is 0. The van der Waals surface area contributed by atoms with Crippen molar-refractivity contribution >= 4 is 11.4 Å². The van der Waals surface area contributed by atoms with Crippen molar-refractivity contribution in [2.24, 2.45) is 0 Å². The summed E-state index contributed by atoms with van der Waals surface area (Å²) in [4.78, 5) is 5.23. The van der Waals surface area contributed by atoms with Gasteiger partial charge in [-0.05, 0) is 46.5 Å². The summed E-state index contributed by atoms with van der Waals surface area (Å²) in [5.41, 5.74) is 6.01. The van der Waals surface area contributed by atoms with Crippen molar-refractivity contribution < 1.29 is 0 Å². The number of rotatable bonds is 6. The van der Waals surface area contributed by atoms with Crippen LogP contribution in [0.1, 0.15) is 22.3 Å². The molecule has 0 unspecified atom stereocenters. The summed E-state index contributed by atoms with van der Waals surface area (Å²) in [6.45, 7) is 0.682. The highest BCUT2D eigenvalue weighted by molar-refractivity contribution is 5.74. The van der Waals surface area contributed by atoms with Crippen LogP contribution in [0.5, 0.6) is 0 Å². The molecule has 1 fully saturated rings. The smallest absolute Gasteiger partial charge is 0.124 e. The summed E-state index contributed by atoms with van der Waals surface area (Å²) in [5, 5.41) is 0. The number of anilines is 2. The van der Waals surface area contributed by atoms with E-state index in [1.54, 1.807) is 0 Å². The maximum atomic E-state index is 2.62. The van der Waals surface area contributed by atoms with E-state index in [0.29, 0.717) is 6.67 Å². The predicted octanol–water partition coefficient (Wildman–Crippen LogP) is 8.86. The molecule has 0 radical (unpaired) electrons. The van der Waals surface area contributed by atoms with E-state index in [2.05, 4.69) is 192 Å². The van der Waals surface area contributed by atoms with E-state index < -0.39 is 11.1 Å². The van der Waals surface area contributed by atoms with Crippen LogP contribution < -0.4 is 9.80 Å². The number of hydrogen-bond donors (Lipinski definition) is 0. The summed E-state index contributed by atoms with van der Waals surface area (Å²) < 4.78 is 0. The average molecular weight is 529 g/mol. The van der Waals surface area contributed by atoms with E-state index >= 15 is 0 Å². The zero-order valence-electron chi connectivity index (χ0n) is 22.9. The van der Waals surface area contributed by atoms with Crippen LogP contribution in [0.3, 0.4) is 0 Å². The van der Waals surface area contributed by atoms with E-state index in [9.17, 15) is 0 Å². The van der Waals surface area contributed by atoms with Gasteiger partial charge in [-0.3, -0.25) is 0 Å². The highest BCUT2D eigenvalue weighted by atomic mass is 15.5. The van der Waals surface area contributed by atoms with Gasteiger partial charge in [-0.2, -0.15) is 0 Å². The molecule has 198 valence electrons. The van der Waals surface area contributed by atoms with Gasteiger partial charge in [-0.1, -0.05) is 158 Å². The molecule has 0 atom stereocenters. The highest BCUT2D eigenvalue weighted by Crippen LogP contribution is 2.62. The molecule has 0 aliphatic carbocycles. The van der Waals surface area contributed by atoms with Crippen LogP contribution in [-0.4, -0.2) is 6.67 Å². The summed E-state index contributed by atoms with van der Waals surface area (Å²) in [6.07, 6.45) is 0. The van der Waals surface area contributed by atoms with Gasteiger partial charge in [0.15, 0.2) is 0 Å². The van der Waals surface area contributed by atoms with Crippen molar-refractivity contribution in [1.82, 2.24) is 0 Å². The Morgan fingerprint density at radius 1 is 0.293 bits per heavy atom. The molecule has 6 aromatic carbocycles. The van der Waals surface area contributed by atoms with Gasteiger partial charge in [-0.15, -0.1) is 0 Å². The Morgan fingerprint density at radius 3 is 0.756 bits per heavy atom. The normalized spacial score (nSPS) is 15.5. The molecule has 0 aromatic heterocycles. The van der Waals surface area contributed by atoms with Gasteiger partial charge in [-0.25, -0.2) is 0 Å². The second kappa shape index (κ2) is 10.5. The zero-order valence-corrected chi connectivity index (χ0v) is 22.9. The van der Waals surface area contributed by atoms with Gasteiger partial charge in [0.2, 0.25) is 0 Å². The highest BCUT2D eigenvalue weighted by Gasteiger charge is 2.67. The molecule has 0 spiro atoms. The van der Waals surface area contributed by atoms with Gasteiger partial charge >= 0.3 is 0 Å². The number of para-hydroxylation sites is 2. The van der Waals surface area contributed by atoms with Crippen LogP contribution in [0.25, 0.3) is 0 Å². The van der Waals surface area contributed by atoms with Crippen molar-refractivity contribution in [1.29, 1.82) is 0 Å². The van der Waals surface area contributed by atoms with Crippen LogP contribution in [0.15, 0.2) is 182 Å². The van der Waals surface area contributed by atoms with E-state index in [-0.39, 0.29) is 0 Å². The van der Waals surface area contributed by atoms with E-state index in [0.717, 1.165) is 0 Å². The fourth-order valence-corrected chi connectivity index (χ4v) is 7.02. The molecule has 2 heteroatoms. The van der Waals surface area contributed by atoms with Crippen LogP contribution in [0, 0.1) is 0 Å². The largest absolute Gasteiger partial charge is 0.337 e. The number of hydrogen-bond acceptors (Lipinski definition) is 2. The molecule has 1 aliphatic rings. The maximum Gasteiger partial charge on any atom is 0.124 e. The minimum Gasteiger partial charge on any atom is -0.337 e. The molecule has 0 N–H and O–H groups in total. The lowest BCUT2D eigenvalue weighted by molar-refractivity contribution is 0.361. The fraction of sp³-hybridized carbons (Fsp3) is 0.0769. The van der Waals surface area contributed by atoms with Crippen LogP contribution in [0.4, 0.5) is 11.4 Å². The van der Waals surface area contributed by atoms with Crippen LogP contribution in [0.2, 0.25) is 0 Å². The molecule has 1 aliphatic heterocycles. The van der Waals surface area contributed by atoms with Gasteiger partial charge in [0, 0.05) is 11.4 Å². The summed E-state index contributed by atoms with van der Waals surface area (Å²) in [6, 6.07) is 66.1. The fourth-order valence-electron chi connectivity index (χ4n) is 7.02. The first kappa shape index (κ1) is 24.9. The molecule has 6 aromatic rings. The van der Waals surface area contributed by atoms with Crippen LogP contribution in [-0.2, 0) is 11.1 Å². The lowest BCUT2D eigenvalue weighted by Gasteiger charge is -2.53. The van der Waals surface area contributed by atoms with E-state index in [4.69, 9.17) is 0 Å².